The van der Waals surface area contributed by atoms with Crippen molar-refractivity contribution in [2.45, 2.75) is 0 Å². The van der Waals surface area contributed by atoms with Gasteiger partial charge >= 0.3 is 7.12 Å². The molecule has 6 heteroatoms. The normalized spacial score (nSPS) is 11.6. The zero-order valence-electron chi connectivity index (χ0n) is 22.6. The number of rotatable bonds is 5. The zero-order valence-corrected chi connectivity index (χ0v) is 22.6. The van der Waals surface area contributed by atoms with Crippen molar-refractivity contribution in [1.82, 2.24) is 4.57 Å². The maximum Gasteiger partial charge on any atom is 0.492 e. The van der Waals surface area contributed by atoms with Crippen molar-refractivity contribution < 1.29 is 14.5 Å². The van der Waals surface area contributed by atoms with Gasteiger partial charge in [0.2, 0.25) is 0 Å². The van der Waals surface area contributed by atoms with E-state index in [0.29, 0.717) is 16.6 Å². The second-order valence-electron chi connectivity index (χ2n) is 10.4. The molecule has 200 valence electrons. The van der Waals surface area contributed by atoms with E-state index in [0.717, 1.165) is 44.6 Å². The third kappa shape index (κ3) is 3.74. The fourth-order valence-electron chi connectivity index (χ4n) is 6.16. The van der Waals surface area contributed by atoms with Crippen LogP contribution < -0.4 is 10.4 Å². The maximum absolute atomic E-state index is 10.0. The quantitative estimate of drug-likeness (QED) is 0.217. The van der Waals surface area contributed by atoms with Crippen LogP contribution in [-0.2, 0) is 0 Å². The van der Waals surface area contributed by atoms with Crippen molar-refractivity contribution in [3.8, 4) is 5.69 Å². The lowest BCUT2D eigenvalue weighted by Gasteiger charge is -2.25. The predicted molar refractivity (Wildman–Crippen MR) is 173 cm³/mol. The van der Waals surface area contributed by atoms with Gasteiger partial charge in [0.25, 0.3) is 0 Å². The lowest BCUT2D eigenvalue weighted by Crippen LogP contribution is -2.29. The molecule has 0 aliphatic carbocycles. The topological polar surface area (TPSA) is 61.8 Å². The SMILES string of the molecule is OB(O)c1cccc2c1oc1c(N(c3ccccc3)c3ccc4c5ccccc5n(-c5ccccc5)c4c3)cccc12. The molecular weight excluding hydrogens is 519 g/mol. The first-order valence-electron chi connectivity index (χ1n) is 13.9. The summed E-state index contributed by atoms with van der Waals surface area (Å²) in [5.74, 6) is 0. The third-order valence-corrected chi connectivity index (χ3v) is 8.00. The molecular formula is C36H25BN2O3. The highest BCUT2D eigenvalue weighted by atomic mass is 16.4. The van der Waals surface area contributed by atoms with Crippen LogP contribution in [0.1, 0.15) is 0 Å². The van der Waals surface area contributed by atoms with Crippen LogP contribution in [-0.4, -0.2) is 21.7 Å². The number of fused-ring (bicyclic) bond motifs is 6. The summed E-state index contributed by atoms with van der Waals surface area (Å²) in [7, 11) is -1.63. The molecule has 0 unspecified atom stereocenters. The van der Waals surface area contributed by atoms with Gasteiger partial charge in [-0.2, -0.15) is 0 Å². The van der Waals surface area contributed by atoms with E-state index in [-0.39, 0.29) is 0 Å². The highest BCUT2D eigenvalue weighted by Crippen LogP contribution is 2.43. The van der Waals surface area contributed by atoms with E-state index in [2.05, 4.69) is 88.3 Å². The minimum atomic E-state index is -1.63. The number of nitrogens with zero attached hydrogens (tertiary/aromatic N) is 2. The second kappa shape index (κ2) is 9.66. The average molecular weight is 544 g/mol. The van der Waals surface area contributed by atoms with Crippen molar-refractivity contribution in [3.05, 3.63) is 140 Å². The summed E-state index contributed by atoms with van der Waals surface area (Å²) in [6.45, 7) is 0. The van der Waals surface area contributed by atoms with E-state index in [9.17, 15) is 10.0 Å². The molecule has 6 aromatic carbocycles. The third-order valence-electron chi connectivity index (χ3n) is 8.00. The van der Waals surface area contributed by atoms with E-state index < -0.39 is 7.12 Å². The van der Waals surface area contributed by atoms with E-state index in [1.807, 2.05) is 54.6 Å². The number of anilines is 3. The van der Waals surface area contributed by atoms with Gasteiger partial charge < -0.3 is 23.9 Å². The van der Waals surface area contributed by atoms with Gasteiger partial charge in [-0.25, -0.2) is 0 Å². The Morgan fingerprint density at radius 1 is 0.524 bits per heavy atom. The lowest BCUT2D eigenvalue weighted by molar-refractivity contribution is 0.425. The molecule has 2 N–H and O–H groups in total. The van der Waals surface area contributed by atoms with Gasteiger partial charge in [-0.3, -0.25) is 0 Å². The summed E-state index contributed by atoms with van der Waals surface area (Å²) >= 11 is 0. The lowest BCUT2D eigenvalue weighted by atomic mass is 9.79. The average Bonchev–Trinajstić information content (AvgIpc) is 3.58. The maximum atomic E-state index is 10.0. The molecule has 42 heavy (non-hydrogen) atoms. The summed E-state index contributed by atoms with van der Waals surface area (Å²) in [4.78, 5) is 2.20. The molecule has 0 amide bonds. The summed E-state index contributed by atoms with van der Waals surface area (Å²) in [5, 5.41) is 24.2. The summed E-state index contributed by atoms with van der Waals surface area (Å²) < 4.78 is 8.78. The second-order valence-corrected chi connectivity index (χ2v) is 10.4. The van der Waals surface area contributed by atoms with Crippen LogP contribution in [0.25, 0.3) is 49.4 Å². The summed E-state index contributed by atoms with van der Waals surface area (Å²) in [6.07, 6.45) is 0. The van der Waals surface area contributed by atoms with E-state index >= 15 is 0 Å². The number of hydrogen-bond donors (Lipinski definition) is 2. The molecule has 2 aromatic heterocycles. The minimum Gasteiger partial charge on any atom is -0.454 e. The smallest absolute Gasteiger partial charge is 0.454 e. The van der Waals surface area contributed by atoms with Crippen molar-refractivity contribution >= 4 is 73.4 Å². The first-order chi connectivity index (χ1) is 20.7. The van der Waals surface area contributed by atoms with Gasteiger partial charge in [0.05, 0.1) is 16.7 Å². The van der Waals surface area contributed by atoms with Gasteiger partial charge in [0.1, 0.15) is 5.58 Å². The molecule has 0 fully saturated rings. The standard InChI is InChI=1S/C36H25BN2O3/c40-37(41)31-18-9-16-29-30-17-10-20-33(36(30)42-35(29)31)38(24-11-3-1-4-12-24)26-21-22-28-27-15-7-8-19-32(27)39(34(28)23-26)25-13-5-2-6-14-25/h1-23,40-41H. The van der Waals surface area contributed by atoms with E-state index in [1.165, 1.54) is 10.8 Å². The fourth-order valence-corrected chi connectivity index (χ4v) is 6.16. The highest BCUT2D eigenvalue weighted by Gasteiger charge is 2.24. The van der Waals surface area contributed by atoms with Gasteiger partial charge in [-0.15, -0.1) is 0 Å². The molecule has 8 rings (SSSR count). The first-order valence-corrected chi connectivity index (χ1v) is 13.9. The Bertz CT molecular complexity index is 2240. The van der Waals surface area contributed by atoms with Gasteiger partial charge in [0, 0.05) is 44.1 Å². The summed E-state index contributed by atoms with van der Waals surface area (Å²) in [5.41, 5.74) is 7.65. The molecule has 0 aliphatic heterocycles. The number of furan rings is 1. The Morgan fingerprint density at radius 3 is 1.95 bits per heavy atom. The molecule has 5 nitrogen and oxygen atoms in total. The molecule has 0 saturated heterocycles. The Labute approximate surface area is 242 Å². The number of benzene rings is 6. The molecule has 0 atom stereocenters. The molecule has 0 spiro atoms. The minimum absolute atomic E-state index is 0.342. The summed E-state index contributed by atoms with van der Waals surface area (Å²) in [6, 6.07) is 47.3. The van der Waals surface area contributed by atoms with Crippen molar-refractivity contribution in [2.24, 2.45) is 0 Å². The molecule has 0 saturated carbocycles. The van der Waals surface area contributed by atoms with Gasteiger partial charge in [0.15, 0.2) is 5.58 Å². The van der Waals surface area contributed by atoms with Crippen molar-refractivity contribution in [2.75, 3.05) is 4.90 Å². The van der Waals surface area contributed by atoms with Crippen molar-refractivity contribution in [3.63, 3.8) is 0 Å². The number of hydrogen-bond acceptors (Lipinski definition) is 4. The molecule has 0 radical (unpaired) electrons. The Kier molecular flexibility index (Phi) is 5.64. The molecule has 8 aromatic rings. The van der Waals surface area contributed by atoms with E-state index in [1.54, 1.807) is 6.07 Å². The van der Waals surface area contributed by atoms with Gasteiger partial charge in [-0.1, -0.05) is 91.0 Å². The van der Waals surface area contributed by atoms with Crippen LogP contribution in [0.3, 0.4) is 0 Å². The van der Waals surface area contributed by atoms with Crippen molar-refractivity contribution in [1.29, 1.82) is 0 Å². The van der Waals surface area contributed by atoms with E-state index in [4.69, 9.17) is 4.42 Å². The zero-order chi connectivity index (χ0) is 28.2. The monoisotopic (exact) mass is 544 g/mol. The highest BCUT2D eigenvalue weighted by molar-refractivity contribution is 6.61. The molecule has 0 bridgehead atoms. The van der Waals surface area contributed by atoms with Crippen LogP contribution >= 0.6 is 0 Å². The molecule has 0 aliphatic rings. The fraction of sp³-hybridized carbons (Fsp3) is 0. The number of para-hydroxylation sites is 5. The Hall–Kier alpha value is -5.30. The van der Waals surface area contributed by atoms with Crippen LogP contribution in [0.2, 0.25) is 0 Å². The van der Waals surface area contributed by atoms with Crippen LogP contribution in [0.4, 0.5) is 17.1 Å². The largest absolute Gasteiger partial charge is 0.492 e. The predicted octanol–water partition coefficient (Wildman–Crippen LogP) is 7.83. The Balaban J connectivity index is 1.43. The van der Waals surface area contributed by atoms with Crippen LogP contribution in [0.5, 0.6) is 0 Å². The van der Waals surface area contributed by atoms with Gasteiger partial charge in [-0.05, 0) is 48.5 Å². The van der Waals surface area contributed by atoms with Crippen LogP contribution in [0.15, 0.2) is 144 Å². The number of aromatic nitrogens is 1. The van der Waals surface area contributed by atoms with Crippen LogP contribution in [0, 0.1) is 0 Å². The molecule has 2 heterocycles. The Morgan fingerprint density at radius 2 is 1.17 bits per heavy atom. The first kappa shape index (κ1) is 24.5.